The van der Waals surface area contributed by atoms with Gasteiger partial charge in [0.2, 0.25) is 0 Å². The largest absolute Gasteiger partial charge is 0.314 e. The highest BCUT2D eigenvalue weighted by Crippen LogP contribution is 2.30. The van der Waals surface area contributed by atoms with Crippen molar-refractivity contribution in [2.45, 2.75) is 59.9 Å². The van der Waals surface area contributed by atoms with E-state index < -0.39 is 0 Å². The first-order valence-electron chi connectivity index (χ1n) is 7.81. The first-order valence-corrected chi connectivity index (χ1v) is 8.19. The minimum atomic E-state index is 0.354. The monoisotopic (exact) mass is 295 g/mol. The number of nitrogens with one attached hydrogen (secondary N) is 1. The quantitative estimate of drug-likeness (QED) is 0.717. The average Bonchev–Trinajstić information content (AvgIpc) is 2.37. The molecule has 0 heterocycles. The smallest absolute Gasteiger partial charge is 0.0438 e. The molecule has 2 atom stereocenters. The van der Waals surface area contributed by atoms with Crippen molar-refractivity contribution in [1.82, 2.24) is 5.32 Å². The minimum Gasteiger partial charge on any atom is -0.314 e. The summed E-state index contributed by atoms with van der Waals surface area (Å²) in [6.07, 6.45) is 3.37. The van der Waals surface area contributed by atoms with Gasteiger partial charge in [0.05, 0.1) is 0 Å². The molecule has 2 heteroatoms. The summed E-state index contributed by atoms with van der Waals surface area (Å²) >= 11 is 6.30. The second-order valence-electron chi connectivity index (χ2n) is 6.95. The van der Waals surface area contributed by atoms with E-state index in [2.05, 4.69) is 52.1 Å². The van der Waals surface area contributed by atoms with Crippen molar-refractivity contribution in [3.63, 3.8) is 0 Å². The Morgan fingerprint density at radius 2 is 1.85 bits per heavy atom. The first-order chi connectivity index (χ1) is 9.34. The van der Waals surface area contributed by atoms with Gasteiger partial charge in [0.15, 0.2) is 0 Å². The molecule has 1 nitrogen and oxygen atoms in total. The lowest BCUT2D eigenvalue weighted by Crippen LogP contribution is -2.36. The molecule has 0 bridgehead atoms. The summed E-state index contributed by atoms with van der Waals surface area (Å²) in [5, 5.41) is 4.58. The van der Waals surface area contributed by atoms with Gasteiger partial charge in [0.1, 0.15) is 0 Å². The molecule has 0 aliphatic rings. The predicted molar refractivity (Wildman–Crippen MR) is 90.5 cm³/mol. The normalized spacial score (nSPS) is 15.1. The highest BCUT2D eigenvalue weighted by Gasteiger charge is 2.23. The van der Waals surface area contributed by atoms with Gasteiger partial charge in [-0.05, 0) is 48.8 Å². The van der Waals surface area contributed by atoms with Crippen LogP contribution in [-0.2, 0) is 6.42 Å². The molecular formula is C18H30ClN. The van der Waals surface area contributed by atoms with E-state index in [-0.39, 0.29) is 0 Å². The van der Waals surface area contributed by atoms with Gasteiger partial charge in [-0.3, -0.25) is 0 Å². The zero-order chi connectivity index (χ0) is 15.2. The van der Waals surface area contributed by atoms with E-state index in [1.807, 2.05) is 12.1 Å². The topological polar surface area (TPSA) is 12.0 Å². The van der Waals surface area contributed by atoms with Gasteiger partial charge >= 0.3 is 0 Å². The molecule has 0 spiro atoms. The van der Waals surface area contributed by atoms with E-state index in [1.165, 1.54) is 18.4 Å². The van der Waals surface area contributed by atoms with E-state index in [4.69, 9.17) is 11.6 Å². The van der Waals surface area contributed by atoms with Gasteiger partial charge < -0.3 is 5.32 Å². The maximum atomic E-state index is 6.30. The molecule has 114 valence electrons. The van der Waals surface area contributed by atoms with Crippen LogP contribution >= 0.6 is 11.6 Å². The van der Waals surface area contributed by atoms with Crippen LogP contribution in [-0.4, -0.2) is 12.6 Å². The molecule has 0 saturated heterocycles. The summed E-state index contributed by atoms with van der Waals surface area (Å²) in [4.78, 5) is 0. The van der Waals surface area contributed by atoms with Crippen molar-refractivity contribution in [3.8, 4) is 0 Å². The molecule has 0 aliphatic heterocycles. The van der Waals surface area contributed by atoms with Crippen LogP contribution in [0.4, 0.5) is 0 Å². The molecule has 0 aromatic heterocycles. The second kappa shape index (κ2) is 8.05. The Hall–Kier alpha value is -0.530. The maximum Gasteiger partial charge on any atom is 0.0438 e. The van der Waals surface area contributed by atoms with E-state index in [0.717, 1.165) is 18.0 Å². The molecule has 1 aromatic rings. The molecule has 0 aliphatic carbocycles. The highest BCUT2D eigenvalue weighted by molar-refractivity contribution is 6.31. The lowest BCUT2D eigenvalue weighted by molar-refractivity contribution is 0.222. The van der Waals surface area contributed by atoms with Crippen molar-refractivity contribution in [1.29, 1.82) is 0 Å². The predicted octanol–water partition coefficient (Wildman–Crippen LogP) is 5.32. The number of rotatable bonds is 7. The summed E-state index contributed by atoms with van der Waals surface area (Å²) in [7, 11) is 0. The van der Waals surface area contributed by atoms with Gasteiger partial charge in [0, 0.05) is 11.1 Å². The highest BCUT2D eigenvalue weighted by atomic mass is 35.5. The number of hydrogen-bond donors (Lipinski definition) is 1. The molecule has 1 rings (SSSR count). The van der Waals surface area contributed by atoms with Gasteiger partial charge in [0.25, 0.3) is 0 Å². The molecule has 0 radical (unpaired) electrons. The standard InChI is InChI=1S/C18H30ClN/c1-6-11-20-16(12-14(2)18(3,4)5)13-15-9-7-8-10-17(15)19/h7-10,14,16,20H,6,11-13H2,1-5H3. The Kier molecular flexibility index (Phi) is 7.05. The Bertz CT molecular complexity index is 395. The van der Waals surface area contributed by atoms with Crippen LogP contribution in [0.1, 0.15) is 53.0 Å². The number of halogens is 1. The third kappa shape index (κ3) is 5.85. The van der Waals surface area contributed by atoms with Gasteiger partial charge in [-0.1, -0.05) is 64.4 Å². The van der Waals surface area contributed by atoms with Crippen LogP contribution in [0.15, 0.2) is 24.3 Å². The zero-order valence-electron chi connectivity index (χ0n) is 13.7. The second-order valence-corrected chi connectivity index (χ2v) is 7.36. The molecular weight excluding hydrogens is 266 g/mol. The Balaban J connectivity index is 2.72. The summed E-state index contributed by atoms with van der Waals surface area (Å²) in [6, 6.07) is 8.71. The molecule has 0 amide bonds. The van der Waals surface area contributed by atoms with Crippen molar-refractivity contribution in [3.05, 3.63) is 34.9 Å². The van der Waals surface area contributed by atoms with E-state index in [9.17, 15) is 0 Å². The van der Waals surface area contributed by atoms with Crippen LogP contribution in [0, 0.1) is 11.3 Å². The Morgan fingerprint density at radius 3 is 2.40 bits per heavy atom. The van der Waals surface area contributed by atoms with E-state index >= 15 is 0 Å². The molecule has 20 heavy (non-hydrogen) atoms. The van der Waals surface area contributed by atoms with E-state index in [0.29, 0.717) is 17.4 Å². The third-order valence-electron chi connectivity index (χ3n) is 4.22. The van der Waals surface area contributed by atoms with Crippen molar-refractivity contribution < 1.29 is 0 Å². The number of benzene rings is 1. The molecule has 0 fully saturated rings. The van der Waals surface area contributed by atoms with Crippen LogP contribution in [0.5, 0.6) is 0 Å². The number of hydrogen-bond acceptors (Lipinski definition) is 1. The minimum absolute atomic E-state index is 0.354. The van der Waals surface area contributed by atoms with Crippen molar-refractivity contribution in [2.24, 2.45) is 11.3 Å². The zero-order valence-corrected chi connectivity index (χ0v) is 14.4. The van der Waals surface area contributed by atoms with Crippen molar-refractivity contribution >= 4 is 11.6 Å². The third-order valence-corrected chi connectivity index (χ3v) is 4.59. The van der Waals surface area contributed by atoms with E-state index in [1.54, 1.807) is 0 Å². The fourth-order valence-corrected chi connectivity index (χ4v) is 2.51. The summed E-state index contributed by atoms with van der Waals surface area (Å²) in [6.45, 7) is 12.6. The SMILES string of the molecule is CCCNC(Cc1ccccc1Cl)CC(C)C(C)(C)C. The van der Waals surface area contributed by atoms with Crippen LogP contribution in [0.25, 0.3) is 0 Å². The molecule has 1 aromatic carbocycles. The Labute approximate surface area is 130 Å². The van der Waals surface area contributed by atoms with Crippen LogP contribution < -0.4 is 5.32 Å². The molecule has 0 saturated carbocycles. The lowest BCUT2D eigenvalue weighted by atomic mass is 9.78. The fraction of sp³-hybridized carbons (Fsp3) is 0.667. The van der Waals surface area contributed by atoms with Gasteiger partial charge in [-0.15, -0.1) is 0 Å². The fourth-order valence-electron chi connectivity index (χ4n) is 2.30. The lowest BCUT2D eigenvalue weighted by Gasteiger charge is -2.31. The first kappa shape index (κ1) is 17.5. The van der Waals surface area contributed by atoms with Crippen LogP contribution in [0.3, 0.4) is 0 Å². The van der Waals surface area contributed by atoms with Crippen LogP contribution in [0.2, 0.25) is 5.02 Å². The summed E-state index contributed by atoms with van der Waals surface area (Å²) in [5.74, 6) is 0.680. The Morgan fingerprint density at radius 1 is 1.20 bits per heavy atom. The maximum absolute atomic E-state index is 6.30. The van der Waals surface area contributed by atoms with Gasteiger partial charge in [-0.25, -0.2) is 0 Å². The van der Waals surface area contributed by atoms with Crippen molar-refractivity contribution in [2.75, 3.05) is 6.54 Å². The molecule has 2 unspecified atom stereocenters. The van der Waals surface area contributed by atoms with Gasteiger partial charge in [-0.2, -0.15) is 0 Å². The molecule has 1 N–H and O–H groups in total. The summed E-state index contributed by atoms with van der Waals surface area (Å²) in [5.41, 5.74) is 1.61. The summed E-state index contributed by atoms with van der Waals surface area (Å²) < 4.78 is 0. The average molecular weight is 296 g/mol.